The third-order valence-electron chi connectivity index (χ3n) is 6.56. The van der Waals surface area contributed by atoms with Crippen molar-refractivity contribution in [2.45, 2.75) is 64.8 Å². The predicted octanol–water partition coefficient (Wildman–Crippen LogP) is 4.30. The van der Waals surface area contributed by atoms with Gasteiger partial charge in [-0.25, -0.2) is 13.9 Å². The van der Waals surface area contributed by atoms with E-state index in [-0.39, 0.29) is 17.8 Å². The molecule has 0 aliphatic heterocycles. The molecule has 1 saturated carbocycles. The van der Waals surface area contributed by atoms with Gasteiger partial charge in [-0.05, 0) is 62.8 Å². The van der Waals surface area contributed by atoms with Gasteiger partial charge in [-0.2, -0.15) is 10.4 Å². The van der Waals surface area contributed by atoms with Crippen LogP contribution in [-0.4, -0.2) is 38.0 Å². The maximum atomic E-state index is 13.3. The van der Waals surface area contributed by atoms with Gasteiger partial charge in [0.05, 0.1) is 6.20 Å². The van der Waals surface area contributed by atoms with E-state index < -0.39 is 0 Å². The molecule has 3 aromatic rings. The fourth-order valence-corrected chi connectivity index (χ4v) is 4.75. The van der Waals surface area contributed by atoms with E-state index in [4.69, 9.17) is 0 Å². The summed E-state index contributed by atoms with van der Waals surface area (Å²) in [6, 6.07) is 8.94. The zero-order valence-electron chi connectivity index (χ0n) is 18.6. The lowest BCUT2D eigenvalue weighted by atomic mass is 10.0. The van der Waals surface area contributed by atoms with E-state index >= 15 is 0 Å². The molecule has 6 nitrogen and oxygen atoms in total. The molecule has 2 aromatic heterocycles. The van der Waals surface area contributed by atoms with Gasteiger partial charge < -0.3 is 4.90 Å². The number of nitrogens with zero attached hydrogens (tertiary/aromatic N) is 5. The number of halogens is 1. The number of hydrogen-bond donors (Lipinski definition) is 0. The van der Waals surface area contributed by atoms with Crippen LogP contribution in [0.4, 0.5) is 4.39 Å². The second-order valence-corrected chi connectivity index (χ2v) is 8.57. The molecule has 0 atom stereocenters. The molecule has 1 aromatic carbocycles. The number of rotatable bonds is 7. The fourth-order valence-electron chi connectivity index (χ4n) is 4.75. The minimum absolute atomic E-state index is 0.149. The van der Waals surface area contributed by atoms with Crippen LogP contribution in [0.25, 0.3) is 5.65 Å². The number of aryl methyl sites for hydroxylation is 2. The molecule has 2 heterocycles. The highest BCUT2D eigenvalue weighted by Crippen LogP contribution is 2.25. The summed E-state index contributed by atoms with van der Waals surface area (Å²) in [5, 5.41) is 13.5. The summed E-state index contributed by atoms with van der Waals surface area (Å²) >= 11 is 0. The largest absolute Gasteiger partial charge is 0.339 e. The first kappa shape index (κ1) is 21.9. The van der Waals surface area contributed by atoms with Crippen molar-refractivity contribution in [3.63, 3.8) is 0 Å². The number of nitriles is 1. The molecule has 0 radical (unpaired) electrons. The summed E-state index contributed by atoms with van der Waals surface area (Å²) in [6.45, 7) is 4.53. The van der Waals surface area contributed by atoms with Gasteiger partial charge >= 0.3 is 0 Å². The molecule has 0 spiro atoms. The molecule has 7 heteroatoms. The van der Waals surface area contributed by atoms with Crippen molar-refractivity contribution in [1.29, 1.82) is 5.26 Å². The number of benzene rings is 1. The molecule has 1 aliphatic rings. The smallest absolute Gasteiger partial charge is 0.223 e. The van der Waals surface area contributed by atoms with Crippen molar-refractivity contribution < 1.29 is 9.18 Å². The fraction of sp³-hybridized carbons (Fsp3) is 0.440. The second-order valence-electron chi connectivity index (χ2n) is 8.57. The van der Waals surface area contributed by atoms with Crippen LogP contribution >= 0.6 is 0 Å². The van der Waals surface area contributed by atoms with E-state index in [0.717, 1.165) is 54.6 Å². The highest BCUT2D eigenvalue weighted by Gasteiger charge is 2.26. The van der Waals surface area contributed by atoms with Gasteiger partial charge in [0.25, 0.3) is 0 Å². The van der Waals surface area contributed by atoms with Gasteiger partial charge in [-0.3, -0.25) is 4.79 Å². The third kappa shape index (κ3) is 4.50. The summed E-state index contributed by atoms with van der Waals surface area (Å²) in [5.74, 6) is -0.0936. The Bertz CT molecular complexity index is 1160. The number of fused-ring (bicyclic) bond motifs is 1. The number of amides is 1. The van der Waals surface area contributed by atoms with E-state index in [1.807, 2.05) is 18.7 Å². The quantitative estimate of drug-likeness (QED) is 0.557. The Kier molecular flexibility index (Phi) is 6.50. The average molecular weight is 434 g/mol. The van der Waals surface area contributed by atoms with E-state index in [9.17, 15) is 14.4 Å². The minimum atomic E-state index is -0.243. The van der Waals surface area contributed by atoms with Gasteiger partial charge in [0.2, 0.25) is 5.91 Å². The van der Waals surface area contributed by atoms with Crippen LogP contribution in [0.3, 0.4) is 0 Å². The second kappa shape index (κ2) is 9.47. The summed E-state index contributed by atoms with van der Waals surface area (Å²) in [7, 11) is 0. The lowest BCUT2D eigenvalue weighted by Crippen LogP contribution is -2.40. The van der Waals surface area contributed by atoms with Gasteiger partial charge in [0, 0.05) is 30.4 Å². The zero-order chi connectivity index (χ0) is 22.7. The maximum Gasteiger partial charge on any atom is 0.223 e. The zero-order valence-corrected chi connectivity index (χ0v) is 18.6. The van der Waals surface area contributed by atoms with Crippen molar-refractivity contribution in [3.05, 3.63) is 64.4 Å². The van der Waals surface area contributed by atoms with Crippen molar-refractivity contribution in [2.24, 2.45) is 0 Å². The third-order valence-corrected chi connectivity index (χ3v) is 6.56. The molecule has 0 N–H and O–H groups in total. The first-order valence-electron chi connectivity index (χ1n) is 11.3. The number of aromatic nitrogens is 3. The van der Waals surface area contributed by atoms with Gasteiger partial charge in [0.15, 0.2) is 5.65 Å². The Morgan fingerprint density at radius 2 is 1.94 bits per heavy atom. The Balaban J connectivity index is 1.48. The van der Waals surface area contributed by atoms with Crippen molar-refractivity contribution in [2.75, 3.05) is 6.54 Å². The Labute approximate surface area is 187 Å². The van der Waals surface area contributed by atoms with E-state index in [0.29, 0.717) is 30.6 Å². The maximum absolute atomic E-state index is 13.3. The molecule has 166 valence electrons. The van der Waals surface area contributed by atoms with Crippen LogP contribution in [0.2, 0.25) is 0 Å². The standard InChI is InChI=1S/C25H28FN5O/c1-17-23(18(2)31-25(29-17)20(15-27)16-28-31)11-12-24(32)30(22-5-3-4-6-22)14-13-19-7-9-21(26)10-8-19/h7-10,16,22H,3-6,11-14H2,1-2H3. The first-order chi connectivity index (χ1) is 15.5. The molecule has 0 bridgehead atoms. The summed E-state index contributed by atoms with van der Waals surface area (Å²) < 4.78 is 14.9. The Morgan fingerprint density at radius 3 is 2.62 bits per heavy atom. The molecular formula is C25H28FN5O. The molecule has 1 fully saturated rings. The molecule has 1 amide bonds. The van der Waals surface area contributed by atoms with Crippen LogP contribution in [0.5, 0.6) is 0 Å². The van der Waals surface area contributed by atoms with Crippen molar-refractivity contribution in [1.82, 2.24) is 19.5 Å². The van der Waals surface area contributed by atoms with Gasteiger partial charge in [0.1, 0.15) is 17.4 Å². The summed E-state index contributed by atoms with van der Waals surface area (Å²) in [5.41, 5.74) is 4.80. The molecular weight excluding hydrogens is 405 g/mol. The van der Waals surface area contributed by atoms with Crippen molar-refractivity contribution in [3.8, 4) is 6.07 Å². The van der Waals surface area contributed by atoms with Crippen LogP contribution in [-0.2, 0) is 17.6 Å². The van der Waals surface area contributed by atoms with E-state index in [1.54, 1.807) is 16.6 Å². The Morgan fingerprint density at radius 1 is 1.22 bits per heavy atom. The first-order valence-corrected chi connectivity index (χ1v) is 11.3. The lowest BCUT2D eigenvalue weighted by molar-refractivity contribution is -0.133. The van der Waals surface area contributed by atoms with Crippen molar-refractivity contribution >= 4 is 11.6 Å². The monoisotopic (exact) mass is 433 g/mol. The van der Waals surface area contributed by atoms with Crippen LogP contribution < -0.4 is 0 Å². The highest BCUT2D eigenvalue weighted by molar-refractivity contribution is 5.77. The number of hydrogen-bond acceptors (Lipinski definition) is 4. The SMILES string of the molecule is Cc1nc2c(C#N)cnn2c(C)c1CCC(=O)N(CCc1ccc(F)cc1)C1CCCC1. The summed E-state index contributed by atoms with van der Waals surface area (Å²) in [4.78, 5) is 19.9. The number of carbonyl (C=O) groups is 1. The summed E-state index contributed by atoms with van der Waals surface area (Å²) in [6.07, 6.45) is 7.64. The average Bonchev–Trinajstić information content (AvgIpc) is 3.45. The lowest BCUT2D eigenvalue weighted by Gasteiger charge is -2.29. The molecule has 1 aliphatic carbocycles. The van der Waals surface area contributed by atoms with Gasteiger partial charge in [-0.15, -0.1) is 0 Å². The molecule has 0 saturated heterocycles. The molecule has 4 rings (SSSR count). The van der Waals surface area contributed by atoms with Crippen LogP contribution in [0, 0.1) is 31.0 Å². The minimum Gasteiger partial charge on any atom is -0.339 e. The van der Waals surface area contributed by atoms with E-state index in [2.05, 4.69) is 16.2 Å². The van der Waals surface area contributed by atoms with Crippen LogP contribution in [0.15, 0.2) is 30.5 Å². The predicted molar refractivity (Wildman–Crippen MR) is 120 cm³/mol. The number of carbonyl (C=O) groups excluding carboxylic acids is 1. The van der Waals surface area contributed by atoms with Crippen LogP contribution in [0.1, 0.15) is 60.2 Å². The molecule has 32 heavy (non-hydrogen) atoms. The van der Waals surface area contributed by atoms with E-state index in [1.165, 1.54) is 18.3 Å². The normalized spacial score (nSPS) is 14.1. The Hall–Kier alpha value is -3.27. The molecule has 0 unspecified atom stereocenters. The topological polar surface area (TPSA) is 74.3 Å². The van der Waals surface area contributed by atoms with Gasteiger partial charge in [-0.1, -0.05) is 25.0 Å². The highest BCUT2D eigenvalue weighted by atomic mass is 19.1.